The Balaban J connectivity index is 2.05. The molecular formula is C14H16ClNO4. The summed E-state index contributed by atoms with van der Waals surface area (Å²) < 4.78 is 5.53. The molecule has 2 atom stereocenters. The lowest BCUT2D eigenvalue weighted by Gasteiger charge is -2.25. The summed E-state index contributed by atoms with van der Waals surface area (Å²) in [6, 6.07) is 6.12. The first-order chi connectivity index (χ1) is 9.50. The van der Waals surface area contributed by atoms with Crippen molar-refractivity contribution in [2.45, 2.75) is 31.9 Å². The molecule has 5 nitrogen and oxygen atoms in total. The quantitative estimate of drug-likeness (QED) is 0.925. The minimum Gasteiger partial charge on any atom is -0.480 e. The lowest BCUT2D eigenvalue weighted by Crippen LogP contribution is -2.46. The number of benzene rings is 1. The minimum absolute atomic E-state index is 0.324. The van der Waals surface area contributed by atoms with Crippen LogP contribution in [0.3, 0.4) is 0 Å². The van der Waals surface area contributed by atoms with E-state index in [4.69, 9.17) is 21.4 Å². The van der Waals surface area contributed by atoms with Crippen molar-refractivity contribution in [2.24, 2.45) is 0 Å². The van der Waals surface area contributed by atoms with Gasteiger partial charge in [-0.2, -0.15) is 0 Å². The average molecular weight is 298 g/mol. The molecule has 0 spiro atoms. The van der Waals surface area contributed by atoms with Crippen LogP contribution in [0.4, 0.5) is 0 Å². The fraction of sp³-hybridized carbons (Fsp3) is 0.429. The van der Waals surface area contributed by atoms with E-state index in [-0.39, 0.29) is 5.91 Å². The largest absolute Gasteiger partial charge is 0.480 e. The van der Waals surface area contributed by atoms with Crippen LogP contribution in [0.2, 0.25) is 5.02 Å². The standard InChI is InChI=1S/C14H16ClNO4/c1-9(20-12-7-3-2-5-10(12)15)13(17)16-8-4-6-11(16)14(18)19/h2-3,5,7,9,11H,4,6,8H2,1H3,(H,18,19). The van der Waals surface area contributed by atoms with Gasteiger partial charge in [0, 0.05) is 6.54 Å². The number of hydrogen-bond donors (Lipinski definition) is 1. The third-order valence-electron chi connectivity index (χ3n) is 3.31. The molecule has 1 aliphatic heterocycles. The van der Waals surface area contributed by atoms with Gasteiger partial charge in [0.15, 0.2) is 6.10 Å². The van der Waals surface area contributed by atoms with Crippen molar-refractivity contribution < 1.29 is 19.4 Å². The van der Waals surface area contributed by atoms with Gasteiger partial charge in [0.2, 0.25) is 0 Å². The van der Waals surface area contributed by atoms with Crippen LogP contribution in [0.25, 0.3) is 0 Å². The highest BCUT2D eigenvalue weighted by atomic mass is 35.5. The summed E-state index contributed by atoms with van der Waals surface area (Å²) in [4.78, 5) is 24.7. The molecule has 0 bridgehead atoms. The van der Waals surface area contributed by atoms with Crippen LogP contribution in [0.1, 0.15) is 19.8 Å². The van der Waals surface area contributed by atoms with Crippen molar-refractivity contribution in [1.82, 2.24) is 4.90 Å². The van der Waals surface area contributed by atoms with E-state index in [1.807, 2.05) is 0 Å². The second-order valence-corrected chi connectivity index (χ2v) is 5.13. The Kier molecular flexibility index (Phi) is 4.49. The molecule has 1 aromatic rings. The molecule has 1 heterocycles. The summed E-state index contributed by atoms with van der Waals surface area (Å²) in [5.41, 5.74) is 0. The molecule has 0 aromatic heterocycles. The van der Waals surface area contributed by atoms with Gasteiger partial charge in [0.05, 0.1) is 5.02 Å². The van der Waals surface area contributed by atoms with E-state index in [1.54, 1.807) is 31.2 Å². The van der Waals surface area contributed by atoms with E-state index >= 15 is 0 Å². The van der Waals surface area contributed by atoms with Crippen LogP contribution in [-0.4, -0.2) is 40.6 Å². The second-order valence-electron chi connectivity index (χ2n) is 4.72. The molecule has 0 radical (unpaired) electrons. The van der Waals surface area contributed by atoms with Crippen molar-refractivity contribution >= 4 is 23.5 Å². The van der Waals surface area contributed by atoms with E-state index in [2.05, 4.69) is 0 Å². The highest BCUT2D eigenvalue weighted by Crippen LogP contribution is 2.25. The summed E-state index contributed by atoms with van der Waals surface area (Å²) in [6.45, 7) is 2.05. The van der Waals surface area contributed by atoms with Gasteiger partial charge < -0.3 is 14.7 Å². The Bertz CT molecular complexity index is 520. The molecule has 1 aliphatic rings. The highest BCUT2D eigenvalue weighted by molar-refractivity contribution is 6.32. The Labute approximate surface area is 122 Å². The number of nitrogens with zero attached hydrogens (tertiary/aromatic N) is 1. The first-order valence-corrected chi connectivity index (χ1v) is 6.83. The SMILES string of the molecule is CC(Oc1ccccc1Cl)C(=O)N1CCCC1C(=O)O. The lowest BCUT2D eigenvalue weighted by molar-refractivity contribution is -0.150. The Morgan fingerprint density at radius 3 is 2.80 bits per heavy atom. The number of carboxylic acid groups (broad SMARTS) is 1. The van der Waals surface area contributed by atoms with Gasteiger partial charge in [0.1, 0.15) is 11.8 Å². The monoisotopic (exact) mass is 297 g/mol. The molecule has 2 unspecified atom stereocenters. The van der Waals surface area contributed by atoms with E-state index in [0.717, 1.165) is 0 Å². The van der Waals surface area contributed by atoms with E-state index in [0.29, 0.717) is 30.2 Å². The Morgan fingerprint density at radius 2 is 2.15 bits per heavy atom. The minimum atomic E-state index is -0.971. The number of para-hydroxylation sites is 1. The molecule has 6 heteroatoms. The van der Waals surface area contributed by atoms with E-state index < -0.39 is 18.1 Å². The molecule has 1 fully saturated rings. The molecule has 0 aliphatic carbocycles. The van der Waals surface area contributed by atoms with Crippen LogP contribution >= 0.6 is 11.6 Å². The van der Waals surface area contributed by atoms with Crippen LogP contribution in [0.5, 0.6) is 5.75 Å². The topological polar surface area (TPSA) is 66.8 Å². The van der Waals surface area contributed by atoms with Crippen LogP contribution in [0.15, 0.2) is 24.3 Å². The van der Waals surface area contributed by atoms with Gasteiger partial charge in [-0.25, -0.2) is 4.79 Å². The maximum Gasteiger partial charge on any atom is 0.326 e. The zero-order valence-electron chi connectivity index (χ0n) is 11.1. The number of hydrogen-bond acceptors (Lipinski definition) is 3. The third kappa shape index (κ3) is 3.04. The zero-order chi connectivity index (χ0) is 14.7. The molecule has 108 valence electrons. The van der Waals surface area contributed by atoms with E-state index in [9.17, 15) is 9.59 Å². The predicted molar refractivity (Wildman–Crippen MR) is 73.9 cm³/mol. The first kappa shape index (κ1) is 14.7. The number of rotatable bonds is 4. The maximum absolute atomic E-state index is 12.3. The maximum atomic E-state index is 12.3. The summed E-state index contributed by atoms with van der Waals surface area (Å²) in [6.07, 6.45) is 0.413. The number of likely N-dealkylation sites (tertiary alicyclic amines) is 1. The normalized spacial score (nSPS) is 19.7. The third-order valence-corrected chi connectivity index (χ3v) is 3.62. The molecule has 20 heavy (non-hydrogen) atoms. The molecule has 1 amide bonds. The number of halogens is 1. The molecule has 1 N–H and O–H groups in total. The van der Waals surface area contributed by atoms with Crippen molar-refractivity contribution in [1.29, 1.82) is 0 Å². The number of aliphatic carboxylic acids is 1. The smallest absolute Gasteiger partial charge is 0.326 e. The second kappa shape index (κ2) is 6.13. The van der Waals surface area contributed by atoms with Gasteiger partial charge in [0.25, 0.3) is 5.91 Å². The lowest BCUT2D eigenvalue weighted by atomic mass is 10.2. The molecular weight excluding hydrogens is 282 g/mol. The first-order valence-electron chi connectivity index (χ1n) is 6.45. The summed E-state index contributed by atoms with van der Waals surface area (Å²) in [5.74, 6) is -0.878. The average Bonchev–Trinajstić information content (AvgIpc) is 2.89. The fourth-order valence-electron chi connectivity index (χ4n) is 2.30. The summed E-state index contributed by atoms with van der Waals surface area (Å²) >= 11 is 5.97. The van der Waals surface area contributed by atoms with Crippen molar-refractivity contribution in [2.75, 3.05) is 6.54 Å². The number of carbonyl (C=O) groups excluding carboxylic acids is 1. The van der Waals surface area contributed by atoms with E-state index in [1.165, 1.54) is 4.90 Å². The van der Waals surface area contributed by atoms with Crippen LogP contribution < -0.4 is 4.74 Å². The van der Waals surface area contributed by atoms with Crippen molar-refractivity contribution in [3.8, 4) is 5.75 Å². The number of ether oxygens (including phenoxy) is 1. The molecule has 2 rings (SSSR count). The number of amides is 1. The Morgan fingerprint density at radius 1 is 1.45 bits per heavy atom. The van der Waals surface area contributed by atoms with Gasteiger partial charge in [-0.15, -0.1) is 0 Å². The van der Waals surface area contributed by atoms with Crippen molar-refractivity contribution in [3.63, 3.8) is 0 Å². The Hall–Kier alpha value is -1.75. The van der Waals surface area contributed by atoms with Gasteiger partial charge in [-0.3, -0.25) is 4.79 Å². The number of carboxylic acids is 1. The van der Waals surface area contributed by atoms with Gasteiger partial charge in [-0.1, -0.05) is 23.7 Å². The zero-order valence-corrected chi connectivity index (χ0v) is 11.8. The van der Waals surface area contributed by atoms with Crippen LogP contribution in [0, 0.1) is 0 Å². The summed E-state index contributed by atoms with van der Waals surface area (Å²) in [7, 11) is 0. The summed E-state index contributed by atoms with van der Waals surface area (Å²) in [5, 5.41) is 9.51. The predicted octanol–water partition coefficient (Wildman–Crippen LogP) is 2.18. The van der Waals surface area contributed by atoms with Crippen molar-refractivity contribution in [3.05, 3.63) is 29.3 Å². The van der Waals surface area contributed by atoms with Gasteiger partial charge in [-0.05, 0) is 31.9 Å². The number of carbonyl (C=O) groups is 2. The highest BCUT2D eigenvalue weighted by Gasteiger charge is 2.36. The molecule has 1 aromatic carbocycles. The van der Waals surface area contributed by atoms with Gasteiger partial charge >= 0.3 is 5.97 Å². The molecule has 0 saturated carbocycles. The van der Waals surface area contributed by atoms with Crippen LogP contribution in [-0.2, 0) is 9.59 Å². The fourth-order valence-corrected chi connectivity index (χ4v) is 2.48. The molecule has 1 saturated heterocycles.